The predicted molar refractivity (Wildman–Crippen MR) is 256 cm³/mol. The molecule has 4 aromatic carbocycles. The molecular weight excluding hydrogens is 868 g/mol. The van der Waals surface area contributed by atoms with Crippen LogP contribution in [0.1, 0.15) is 118 Å². The van der Waals surface area contributed by atoms with Gasteiger partial charge in [-0.1, -0.05) is 105 Å². The summed E-state index contributed by atoms with van der Waals surface area (Å²) in [6.07, 6.45) is 7.90. The summed E-state index contributed by atoms with van der Waals surface area (Å²) >= 11 is 6.84. The van der Waals surface area contributed by atoms with Crippen molar-refractivity contribution in [2.24, 2.45) is 11.8 Å². The highest BCUT2D eigenvalue weighted by atomic mass is 35.5. The Labute approximate surface area is 394 Å². The molecule has 4 fully saturated rings. The summed E-state index contributed by atoms with van der Waals surface area (Å²) in [5, 5.41) is 7.97. The molecule has 2 saturated heterocycles. The molecule has 6 aromatic rings. The lowest BCUT2D eigenvalue weighted by Crippen LogP contribution is -2.54. The quantitative estimate of drug-likeness (QED) is 0.0993. The minimum atomic E-state index is -0.894. The van der Waals surface area contributed by atoms with Gasteiger partial charge in [0.05, 0.1) is 43.0 Å². The zero-order chi connectivity index (χ0) is 46.5. The Morgan fingerprint density at radius 1 is 0.746 bits per heavy atom. The van der Waals surface area contributed by atoms with E-state index in [-0.39, 0.29) is 41.8 Å². The van der Waals surface area contributed by atoms with Gasteiger partial charge in [0.2, 0.25) is 5.91 Å². The van der Waals surface area contributed by atoms with Gasteiger partial charge in [0.1, 0.15) is 23.7 Å². The number of rotatable bonds is 11. The van der Waals surface area contributed by atoms with E-state index in [1.165, 1.54) is 45.5 Å². The minimum absolute atomic E-state index is 0.0718. The first-order valence-electron chi connectivity index (χ1n) is 23.7. The zero-order valence-corrected chi connectivity index (χ0v) is 39.1. The van der Waals surface area contributed by atoms with Crippen molar-refractivity contribution in [1.82, 2.24) is 40.4 Å². The van der Waals surface area contributed by atoms with Crippen molar-refractivity contribution in [2.45, 2.75) is 108 Å². The maximum absolute atomic E-state index is 14.4. The van der Waals surface area contributed by atoms with Crippen LogP contribution in [-0.4, -0.2) is 86.6 Å². The number of aromatic nitrogens is 4. The van der Waals surface area contributed by atoms with Crippen LogP contribution in [0.5, 0.6) is 0 Å². The number of hydrogen-bond donors (Lipinski definition) is 4. The highest BCUT2D eigenvalue weighted by molar-refractivity contribution is 6.32. The van der Waals surface area contributed by atoms with Gasteiger partial charge in [0.25, 0.3) is 5.91 Å². The first-order chi connectivity index (χ1) is 32.5. The van der Waals surface area contributed by atoms with Gasteiger partial charge in [-0.2, -0.15) is 0 Å². The minimum Gasteiger partial charge on any atom is -0.453 e. The third-order valence-corrected chi connectivity index (χ3v) is 15.1. The number of piperidine rings is 1. The van der Waals surface area contributed by atoms with Gasteiger partial charge in [-0.15, -0.1) is 0 Å². The Morgan fingerprint density at radius 3 is 2.19 bits per heavy atom. The Hall–Kier alpha value is -6.41. The fraction of sp³-hybridized carbons (Fsp3) is 0.423. The first-order valence-corrected chi connectivity index (χ1v) is 24.1. The molecule has 2 bridgehead atoms. The Bertz CT molecular complexity index is 2830. The molecule has 67 heavy (non-hydrogen) atoms. The molecule has 2 aromatic heterocycles. The van der Waals surface area contributed by atoms with E-state index in [0.29, 0.717) is 29.1 Å². The van der Waals surface area contributed by atoms with Crippen LogP contribution in [0.25, 0.3) is 44.2 Å². The number of carbonyl (C=O) groups excluding carboxylic acids is 4. The molecule has 0 spiro atoms. The van der Waals surface area contributed by atoms with Crippen LogP contribution in [0.3, 0.4) is 0 Å². The van der Waals surface area contributed by atoms with E-state index in [4.69, 9.17) is 31.0 Å². The summed E-state index contributed by atoms with van der Waals surface area (Å²) < 4.78 is 9.80. The molecule has 14 nitrogen and oxygen atoms in total. The van der Waals surface area contributed by atoms with Gasteiger partial charge in [-0.3, -0.25) is 9.59 Å². The third kappa shape index (κ3) is 8.38. The maximum atomic E-state index is 14.4. The van der Waals surface area contributed by atoms with Gasteiger partial charge in [0, 0.05) is 23.5 Å². The third-order valence-electron chi connectivity index (χ3n) is 14.8. The van der Waals surface area contributed by atoms with Crippen LogP contribution in [0.4, 0.5) is 9.59 Å². The highest BCUT2D eigenvalue weighted by Gasteiger charge is 2.52. The van der Waals surface area contributed by atoms with Crippen molar-refractivity contribution in [2.75, 3.05) is 20.8 Å². The number of imidazole rings is 2. The number of fused-ring (bicyclic) bond motifs is 5. The largest absolute Gasteiger partial charge is 0.453 e. The monoisotopic (exact) mass is 924 g/mol. The number of likely N-dealkylation sites (tertiary alicyclic amines) is 2. The van der Waals surface area contributed by atoms with E-state index >= 15 is 0 Å². The molecular formula is C52H57ClN8O6. The Morgan fingerprint density at radius 2 is 1.46 bits per heavy atom. The van der Waals surface area contributed by atoms with E-state index in [9.17, 15) is 19.2 Å². The predicted octanol–water partition coefficient (Wildman–Crippen LogP) is 10.3. The fourth-order valence-electron chi connectivity index (χ4n) is 11.4. The average Bonchev–Trinajstić information content (AvgIpc) is 4.22. The van der Waals surface area contributed by atoms with Crippen LogP contribution < -0.4 is 10.6 Å². The topological polar surface area (TPSA) is 175 Å². The summed E-state index contributed by atoms with van der Waals surface area (Å²) in [6, 6.07) is 24.7. The molecule has 10 rings (SSSR count). The summed E-state index contributed by atoms with van der Waals surface area (Å²) in [7, 11) is 2.60. The summed E-state index contributed by atoms with van der Waals surface area (Å²) in [5.41, 5.74) is 7.35. The number of aromatic amines is 2. The lowest BCUT2D eigenvalue weighted by atomic mass is 9.95. The number of nitrogens with one attached hydrogen (secondary N) is 4. The fourth-order valence-corrected chi connectivity index (χ4v) is 11.6. The number of halogens is 1. The lowest BCUT2D eigenvalue weighted by molar-refractivity contribution is -0.139. The summed E-state index contributed by atoms with van der Waals surface area (Å²) in [6.45, 7) is 4.38. The lowest BCUT2D eigenvalue weighted by Gasteiger charge is -2.37. The molecule has 6 atom stereocenters. The molecule has 4 aliphatic rings. The average molecular weight is 926 g/mol. The zero-order valence-electron chi connectivity index (χ0n) is 38.3. The van der Waals surface area contributed by atoms with Crippen molar-refractivity contribution in [1.29, 1.82) is 0 Å². The molecule has 2 aliphatic heterocycles. The number of benzene rings is 4. The number of alkyl carbamates (subject to hydrolysis) is 2. The van der Waals surface area contributed by atoms with Crippen LogP contribution in [-0.2, 0) is 19.1 Å². The van der Waals surface area contributed by atoms with E-state index in [1.807, 2.05) is 54.0 Å². The number of nitrogens with zero attached hydrogens (tertiary/aromatic N) is 4. The van der Waals surface area contributed by atoms with Gasteiger partial charge >= 0.3 is 12.2 Å². The molecule has 4 amide bonds. The summed E-state index contributed by atoms with van der Waals surface area (Å²) in [5.74, 6) is 1.69. The Balaban J connectivity index is 0.867. The highest BCUT2D eigenvalue weighted by Crippen LogP contribution is 2.51. The number of amides is 4. The normalized spacial score (nSPS) is 21.3. The van der Waals surface area contributed by atoms with Crippen molar-refractivity contribution in [3.8, 4) is 22.4 Å². The molecule has 15 heteroatoms. The molecule has 348 valence electrons. The maximum Gasteiger partial charge on any atom is 0.407 e. The van der Waals surface area contributed by atoms with Crippen LogP contribution in [0, 0.1) is 11.8 Å². The van der Waals surface area contributed by atoms with Gasteiger partial charge < -0.3 is 39.9 Å². The van der Waals surface area contributed by atoms with Gasteiger partial charge in [-0.05, 0) is 102 Å². The second-order valence-corrected chi connectivity index (χ2v) is 19.4. The van der Waals surface area contributed by atoms with Crippen LogP contribution >= 0.6 is 11.6 Å². The van der Waals surface area contributed by atoms with E-state index in [0.717, 1.165) is 82.0 Å². The van der Waals surface area contributed by atoms with E-state index < -0.39 is 24.3 Å². The first kappa shape index (κ1) is 44.4. The van der Waals surface area contributed by atoms with Crippen molar-refractivity contribution in [3.05, 3.63) is 107 Å². The number of carbonyl (C=O) groups is 4. The molecule has 2 aliphatic carbocycles. The smallest absolute Gasteiger partial charge is 0.407 e. The van der Waals surface area contributed by atoms with Crippen molar-refractivity contribution < 1.29 is 28.7 Å². The number of hydrogen-bond acceptors (Lipinski definition) is 8. The molecule has 2 saturated carbocycles. The van der Waals surface area contributed by atoms with Crippen LogP contribution in [0.15, 0.2) is 78.9 Å². The second kappa shape index (κ2) is 18.3. The summed E-state index contributed by atoms with van der Waals surface area (Å²) in [4.78, 5) is 73.9. The molecule has 0 radical (unpaired) electrons. The van der Waals surface area contributed by atoms with Crippen LogP contribution in [0.2, 0.25) is 5.15 Å². The Kier molecular flexibility index (Phi) is 12.2. The second-order valence-electron chi connectivity index (χ2n) is 19.1. The molecule has 4 heterocycles. The van der Waals surface area contributed by atoms with Gasteiger partial charge in [-0.25, -0.2) is 19.6 Å². The van der Waals surface area contributed by atoms with E-state index in [2.05, 4.69) is 69.1 Å². The van der Waals surface area contributed by atoms with Gasteiger partial charge in [0.15, 0.2) is 5.15 Å². The number of ether oxygens (including phenoxy) is 2. The standard InChI is InChI=1S/C52H57ClN8O6/c1-28(2)41(57-51(64)66-3)50(63)61-37-22-19-36(27-37)45(61)48-55-42(46(53)59-48)32-15-13-31(14-16-32)34-20-23-38-35(26-34)21-24-39-44(38)56-47(54-39)40-10-7-25-60(40)49(62)43(58-52(65)67-4)33-17-11-30(12-18-33)29-8-5-6-9-29/h11-18,20-21,23-24,26,28-29,36-37,40-41,43,45H,5-10,19,22,25,27H2,1-4H3,(H,54,56)(H,55,59)(H,57,64)(H,58,65)/t36-,37+,40-,41-,43+,45-/m0/s1. The molecule has 4 N–H and O–H groups in total. The van der Waals surface area contributed by atoms with E-state index in [1.54, 1.807) is 0 Å². The number of H-pyrrole nitrogens is 2. The van der Waals surface area contributed by atoms with Crippen molar-refractivity contribution in [3.63, 3.8) is 0 Å². The number of methoxy groups -OCH3 is 2. The van der Waals surface area contributed by atoms with Crippen molar-refractivity contribution >= 4 is 57.4 Å². The molecule has 0 unspecified atom stereocenters. The SMILES string of the molecule is COC(=O)N[C@H](C(=O)N1[C@@H]2CC[C@@H](C2)[C@H]1c1nc(Cl)c(-c2ccc(-c3ccc4c(ccc5nc([C@@H]6CCCN6C(=O)[C@H](NC(=O)OC)c6ccc(C7CCCC7)cc6)[nH]c54)c3)cc2)[nH]1)C(C)C.